The van der Waals surface area contributed by atoms with Crippen LogP contribution in [0.15, 0.2) is 59.8 Å². The van der Waals surface area contributed by atoms with Gasteiger partial charge in [-0.05, 0) is 40.4 Å². The molecule has 3 rings (SSSR count). The predicted molar refractivity (Wildman–Crippen MR) is 97.9 cm³/mol. The minimum Gasteiger partial charge on any atom is -0.327 e. The number of carbonyl (C=O) groups excluding carboxylic acids is 2. The number of nitrogens with two attached hydrogens (primary N) is 1. The molecule has 25 heavy (non-hydrogen) atoms. The maximum atomic E-state index is 12.5. The number of nitroso groups, excluding NO2 is 1. The van der Waals surface area contributed by atoms with Gasteiger partial charge in [-0.3, -0.25) is 9.59 Å². The normalized spacial score (nSPS) is 13.2. The number of amides is 1. The number of rotatable bonds is 6. The molecular weight excluding hydrogens is 338 g/mol. The fourth-order valence-corrected chi connectivity index (χ4v) is 3.45. The second-order valence-electron chi connectivity index (χ2n) is 5.70. The predicted octanol–water partition coefficient (Wildman–Crippen LogP) is 3.13. The van der Waals surface area contributed by atoms with Crippen molar-refractivity contribution < 1.29 is 9.59 Å². The number of aldehydes is 1. The van der Waals surface area contributed by atoms with Gasteiger partial charge >= 0.3 is 0 Å². The lowest BCUT2D eigenvalue weighted by Gasteiger charge is -2.24. The Morgan fingerprint density at radius 3 is 2.56 bits per heavy atom. The van der Waals surface area contributed by atoms with Gasteiger partial charge < -0.3 is 11.1 Å². The van der Waals surface area contributed by atoms with Crippen LogP contribution in [-0.2, 0) is 11.2 Å². The lowest BCUT2D eigenvalue weighted by molar-refractivity contribution is -0.113. The Morgan fingerprint density at radius 2 is 1.92 bits per heavy atom. The number of hydrogen-bond acceptors (Lipinski definition) is 6. The Labute approximate surface area is 147 Å². The maximum absolute atomic E-state index is 12.5. The third-order valence-electron chi connectivity index (χ3n) is 3.74. The largest absolute Gasteiger partial charge is 0.327 e. The van der Waals surface area contributed by atoms with Crippen molar-refractivity contribution >= 4 is 39.3 Å². The lowest BCUT2D eigenvalue weighted by Crippen LogP contribution is -2.58. The second kappa shape index (κ2) is 6.92. The summed E-state index contributed by atoms with van der Waals surface area (Å²) in [4.78, 5) is 34.9. The van der Waals surface area contributed by atoms with E-state index in [1.165, 1.54) is 23.5 Å². The topological polar surface area (TPSA) is 102 Å². The van der Waals surface area contributed by atoms with Crippen LogP contribution in [0.3, 0.4) is 0 Å². The van der Waals surface area contributed by atoms with Crippen molar-refractivity contribution in [2.45, 2.75) is 12.1 Å². The fraction of sp³-hybridized carbons (Fsp3) is 0.111. The van der Waals surface area contributed by atoms with E-state index in [1.807, 2.05) is 24.3 Å². The van der Waals surface area contributed by atoms with Gasteiger partial charge in [0.25, 0.3) is 5.91 Å². The van der Waals surface area contributed by atoms with Gasteiger partial charge in [-0.2, -0.15) is 0 Å². The molecule has 0 fully saturated rings. The highest BCUT2D eigenvalue weighted by molar-refractivity contribution is 7.20. The van der Waals surface area contributed by atoms with Gasteiger partial charge in [0, 0.05) is 11.1 Å². The van der Waals surface area contributed by atoms with Gasteiger partial charge in [0.1, 0.15) is 11.4 Å². The number of hydrogen-bond donors (Lipinski definition) is 2. The monoisotopic (exact) mass is 353 g/mol. The highest BCUT2D eigenvalue weighted by Crippen LogP contribution is 2.25. The van der Waals surface area contributed by atoms with E-state index in [-0.39, 0.29) is 12.1 Å². The van der Waals surface area contributed by atoms with Crippen molar-refractivity contribution in [2.75, 3.05) is 0 Å². The molecule has 0 radical (unpaired) electrons. The molecule has 0 bridgehead atoms. The van der Waals surface area contributed by atoms with E-state index < -0.39 is 11.6 Å². The van der Waals surface area contributed by atoms with Crippen molar-refractivity contribution in [3.63, 3.8) is 0 Å². The van der Waals surface area contributed by atoms with Crippen molar-refractivity contribution in [1.82, 2.24) is 5.32 Å². The minimum absolute atomic E-state index is 0.103. The van der Waals surface area contributed by atoms with E-state index in [0.717, 1.165) is 10.1 Å². The summed E-state index contributed by atoms with van der Waals surface area (Å²) in [7, 11) is 0. The van der Waals surface area contributed by atoms with Gasteiger partial charge in [-0.1, -0.05) is 30.3 Å². The Bertz CT molecular complexity index is 903. The van der Waals surface area contributed by atoms with Crippen LogP contribution in [0.2, 0.25) is 0 Å². The zero-order valence-corrected chi connectivity index (χ0v) is 14.0. The molecule has 0 saturated heterocycles. The van der Waals surface area contributed by atoms with E-state index in [2.05, 4.69) is 10.5 Å². The van der Waals surface area contributed by atoms with Gasteiger partial charge in [-0.15, -0.1) is 16.2 Å². The van der Waals surface area contributed by atoms with Crippen LogP contribution in [0.5, 0.6) is 0 Å². The zero-order chi connectivity index (χ0) is 17.9. The molecule has 3 aromatic rings. The average molecular weight is 353 g/mol. The molecule has 3 N–H and O–H groups in total. The van der Waals surface area contributed by atoms with Gasteiger partial charge in [-0.25, -0.2) is 0 Å². The highest BCUT2D eigenvalue weighted by atomic mass is 32.1. The molecule has 0 aliphatic heterocycles. The van der Waals surface area contributed by atoms with E-state index in [1.54, 1.807) is 18.2 Å². The van der Waals surface area contributed by atoms with Crippen molar-refractivity contribution in [3.05, 3.63) is 69.9 Å². The summed E-state index contributed by atoms with van der Waals surface area (Å²) in [5.41, 5.74) is 5.50. The summed E-state index contributed by atoms with van der Waals surface area (Å²) < 4.78 is 0.985. The summed E-state index contributed by atoms with van der Waals surface area (Å²) in [5, 5.41) is 6.37. The number of benzene rings is 2. The molecule has 1 amide bonds. The van der Waals surface area contributed by atoms with Crippen molar-refractivity contribution in [1.29, 1.82) is 0 Å². The Hall–Kier alpha value is -2.90. The molecule has 1 atom stereocenters. The van der Waals surface area contributed by atoms with E-state index >= 15 is 0 Å². The number of nitrogens with zero attached hydrogens (tertiary/aromatic N) is 1. The van der Waals surface area contributed by atoms with Gasteiger partial charge in [0.2, 0.25) is 0 Å². The summed E-state index contributed by atoms with van der Waals surface area (Å²) in [5.74, 6) is -0.401. The van der Waals surface area contributed by atoms with Crippen LogP contribution in [0.1, 0.15) is 15.2 Å². The van der Waals surface area contributed by atoms with Crippen molar-refractivity contribution in [3.8, 4) is 0 Å². The quantitative estimate of drug-likeness (QED) is 0.404. The first-order valence-corrected chi connectivity index (χ1v) is 8.33. The first kappa shape index (κ1) is 16.9. The zero-order valence-electron chi connectivity index (χ0n) is 13.1. The molecule has 1 heterocycles. The van der Waals surface area contributed by atoms with Crippen LogP contribution in [0.4, 0.5) is 5.69 Å². The molecule has 1 aromatic heterocycles. The number of thiophene rings is 1. The number of carbonyl (C=O) groups is 2. The van der Waals surface area contributed by atoms with Crippen LogP contribution in [0, 0.1) is 4.91 Å². The molecule has 6 nitrogen and oxygen atoms in total. The lowest BCUT2D eigenvalue weighted by atomic mass is 10.0. The molecule has 7 heteroatoms. The Morgan fingerprint density at radius 1 is 1.20 bits per heavy atom. The summed E-state index contributed by atoms with van der Waals surface area (Å²) in [6.45, 7) is 0. The SMILES string of the molecule is N[C@@](C=O)(Cc1ccc(N=O)cc1)NC(=O)c1cc2ccccc2s1. The molecule has 0 aliphatic rings. The smallest absolute Gasteiger partial charge is 0.263 e. The van der Waals surface area contributed by atoms with Crippen LogP contribution >= 0.6 is 11.3 Å². The average Bonchev–Trinajstić information content (AvgIpc) is 3.07. The van der Waals surface area contributed by atoms with Crippen LogP contribution < -0.4 is 11.1 Å². The minimum atomic E-state index is -1.54. The molecular formula is C18H15N3O3S. The first-order chi connectivity index (χ1) is 12.0. The number of nitrogens with one attached hydrogen (secondary N) is 1. The second-order valence-corrected chi connectivity index (χ2v) is 6.78. The van der Waals surface area contributed by atoms with E-state index in [9.17, 15) is 14.5 Å². The van der Waals surface area contributed by atoms with Gasteiger partial charge in [0.05, 0.1) is 4.88 Å². The van der Waals surface area contributed by atoms with Crippen molar-refractivity contribution in [2.24, 2.45) is 10.9 Å². The Balaban J connectivity index is 1.77. The Kier molecular flexibility index (Phi) is 4.69. The number of fused-ring (bicyclic) bond motifs is 1. The third-order valence-corrected chi connectivity index (χ3v) is 4.86. The van der Waals surface area contributed by atoms with Gasteiger partial charge in [0.15, 0.2) is 6.29 Å². The van der Waals surface area contributed by atoms with E-state index in [4.69, 9.17) is 5.73 Å². The molecule has 0 saturated carbocycles. The maximum Gasteiger partial charge on any atom is 0.263 e. The van der Waals surface area contributed by atoms with Crippen LogP contribution in [-0.4, -0.2) is 17.9 Å². The first-order valence-electron chi connectivity index (χ1n) is 7.51. The molecule has 0 aliphatic carbocycles. The fourth-order valence-electron chi connectivity index (χ4n) is 2.49. The van der Waals surface area contributed by atoms with E-state index in [0.29, 0.717) is 16.7 Å². The molecule has 126 valence electrons. The molecule has 0 spiro atoms. The highest BCUT2D eigenvalue weighted by Gasteiger charge is 2.28. The third kappa shape index (κ3) is 3.78. The summed E-state index contributed by atoms with van der Waals surface area (Å²) in [6, 6.07) is 15.8. The molecule has 0 unspecified atom stereocenters. The summed E-state index contributed by atoms with van der Waals surface area (Å²) in [6.07, 6.45) is 0.621. The summed E-state index contributed by atoms with van der Waals surface area (Å²) >= 11 is 1.34. The molecule has 2 aromatic carbocycles. The van der Waals surface area contributed by atoms with Crippen LogP contribution in [0.25, 0.3) is 10.1 Å². The standard InChI is InChI=1S/C18H15N3O3S/c19-18(11-22,10-12-5-7-14(21-24)8-6-12)20-17(23)16-9-13-3-1-2-4-15(13)25-16/h1-9,11H,10,19H2,(H,20,23)/t18-/m0/s1.